The Balaban J connectivity index is 1.71. The first kappa shape index (κ1) is 19.0. The summed E-state index contributed by atoms with van der Waals surface area (Å²) in [4.78, 5) is 31.2. The van der Waals surface area contributed by atoms with Crippen LogP contribution >= 0.6 is 0 Å². The first-order chi connectivity index (χ1) is 12.9. The monoisotopic (exact) mass is 370 g/mol. The van der Waals surface area contributed by atoms with Gasteiger partial charge in [-0.25, -0.2) is 4.68 Å². The molecule has 3 rings (SSSR count). The molecule has 0 saturated carbocycles. The molecule has 1 atom stereocenters. The Labute approximate surface area is 158 Å². The first-order valence-electron chi connectivity index (χ1n) is 9.19. The molecule has 3 heterocycles. The number of pyridine rings is 1. The average Bonchev–Trinajstić information content (AvgIpc) is 3.10. The van der Waals surface area contributed by atoms with Crippen LogP contribution in [0.2, 0.25) is 0 Å². The van der Waals surface area contributed by atoms with Crippen LogP contribution in [0.25, 0.3) is 0 Å². The zero-order valence-corrected chi connectivity index (χ0v) is 15.8. The molecule has 8 nitrogen and oxygen atoms in total. The van der Waals surface area contributed by atoms with Crippen molar-refractivity contribution in [1.82, 2.24) is 19.7 Å². The Morgan fingerprint density at radius 3 is 2.78 bits per heavy atom. The number of nitrogens with zero attached hydrogens (tertiary/aromatic N) is 4. The van der Waals surface area contributed by atoms with Crippen LogP contribution in [-0.2, 0) is 15.0 Å². The molecule has 1 aliphatic heterocycles. The van der Waals surface area contributed by atoms with Gasteiger partial charge >= 0.3 is 0 Å². The average molecular weight is 370 g/mol. The zero-order chi connectivity index (χ0) is 19.4. The molecule has 0 aromatic carbocycles. The molecule has 1 aliphatic rings. The SMILES string of the molecule is CC(C)n1nccc1NC(=O)CN1CCCC(C(N)=O)(c2ccccn2)C1. The summed E-state index contributed by atoms with van der Waals surface area (Å²) in [6.45, 7) is 5.31. The lowest BCUT2D eigenvalue weighted by Crippen LogP contribution is -2.55. The van der Waals surface area contributed by atoms with Crippen LogP contribution in [0.4, 0.5) is 5.82 Å². The number of carbonyl (C=O) groups is 2. The lowest BCUT2D eigenvalue weighted by Gasteiger charge is -2.40. The third-order valence-corrected chi connectivity index (χ3v) is 4.99. The number of primary amides is 1. The maximum atomic E-state index is 12.5. The van der Waals surface area contributed by atoms with E-state index in [1.165, 1.54) is 0 Å². The fourth-order valence-corrected chi connectivity index (χ4v) is 3.67. The van der Waals surface area contributed by atoms with Crippen molar-refractivity contribution in [2.45, 2.75) is 38.1 Å². The van der Waals surface area contributed by atoms with Crippen LogP contribution in [0, 0.1) is 0 Å². The highest BCUT2D eigenvalue weighted by molar-refractivity contribution is 5.91. The molecule has 27 heavy (non-hydrogen) atoms. The van der Waals surface area contributed by atoms with Crippen molar-refractivity contribution in [2.24, 2.45) is 5.73 Å². The molecule has 144 valence electrons. The molecule has 0 aliphatic carbocycles. The van der Waals surface area contributed by atoms with Gasteiger partial charge < -0.3 is 11.1 Å². The van der Waals surface area contributed by atoms with Gasteiger partial charge in [-0.3, -0.25) is 19.5 Å². The molecule has 1 saturated heterocycles. The molecule has 2 aromatic rings. The number of anilines is 1. The van der Waals surface area contributed by atoms with E-state index in [4.69, 9.17) is 5.73 Å². The highest BCUT2D eigenvalue weighted by Gasteiger charge is 2.43. The number of likely N-dealkylation sites (tertiary alicyclic amines) is 1. The lowest BCUT2D eigenvalue weighted by atomic mass is 9.76. The van der Waals surface area contributed by atoms with E-state index in [-0.39, 0.29) is 18.5 Å². The molecule has 2 amide bonds. The van der Waals surface area contributed by atoms with Crippen LogP contribution in [0.1, 0.15) is 38.4 Å². The van der Waals surface area contributed by atoms with Crippen molar-refractivity contribution in [3.63, 3.8) is 0 Å². The fraction of sp³-hybridized carbons (Fsp3) is 0.474. The van der Waals surface area contributed by atoms with Gasteiger partial charge in [0.2, 0.25) is 11.8 Å². The first-order valence-corrected chi connectivity index (χ1v) is 9.19. The quantitative estimate of drug-likeness (QED) is 0.798. The van der Waals surface area contributed by atoms with Gasteiger partial charge in [0.05, 0.1) is 18.4 Å². The van der Waals surface area contributed by atoms with Gasteiger partial charge in [0, 0.05) is 24.8 Å². The minimum absolute atomic E-state index is 0.140. The summed E-state index contributed by atoms with van der Waals surface area (Å²) in [5.74, 6) is 0.126. The summed E-state index contributed by atoms with van der Waals surface area (Å²) in [7, 11) is 0. The molecular formula is C19H26N6O2. The highest BCUT2D eigenvalue weighted by atomic mass is 16.2. The van der Waals surface area contributed by atoms with E-state index in [9.17, 15) is 9.59 Å². The minimum Gasteiger partial charge on any atom is -0.369 e. The lowest BCUT2D eigenvalue weighted by molar-refractivity contribution is -0.127. The van der Waals surface area contributed by atoms with Crippen LogP contribution in [0.5, 0.6) is 0 Å². The van der Waals surface area contributed by atoms with Gasteiger partial charge in [-0.1, -0.05) is 6.07 Å². The summed E-state index contributed by atoms with van der Waals surface area (Å²) in [6, 6.07) is 7.41. The van der Waals surface area contributed by atoms with E-state index in [0.717, 1.165) is 13.0 Å². The summed E-state index contributed by atoms with van der Waals surface area (Å²) in [5, 5.41) is 7.12. The Kier molecular flexibility index (Phi) is 5.55. The number of carbonyl (C=O) groups excluding carboxylic acids is 2. The summed E-state index contributed by atoms with van der Waals surface area (Å²) in [5.41, 5.74) is 5.58. The third kappa shape index (κ3) is 4.00. The number of hydrogen-bond donors (Lipinski definition) is 2. The highest BCUT2D eigenvalue weighted by Crippen LogP contribution is 2.32. The van der Waals surface area contributed by atoms with Crippen LogP contribution in [-0.4, -0.2) is 51.1 Å². The van der Waals surface area contributed by atoms with Gasteiger partial charge in [0.1, 0.15) is 11.2 Å². The second kappa shape index (κ2) is 7.87. The smallest absolute Gasteiger partial charge is 0.239 e. The van der Waals surface area contributed by atoms with E-state index in [0.29, 0.717) is 24.5 Å². The van der Waals surface area contributed by atoms with Crippen molar-refractivity contribution in [1.29, 1.82) is 0 Å². The summed E-state index contributed by atoms with van der Waals surface area (Å²) in [6.07, 6.45) is 4.74. The number of nitrogens with one attached hydrogen (secondary N) is 1. The number of piperidine rings is 1. The van der Waals surface area contributed by atoms with E-state index in [1.807, 2.05) is 36.9 Å². The predicted molar refractivity (Wildman–Crippen MR) is 102 cm³/mol. The van der Waals surface area contributed by atoms with Crippen LogP contribution < -0.4 is 11.1 Å². The zero-order valence-electron chi connectivity index (χ0n) is 15.8. The molecule has 1 unspecified atom stereocenters. The molecule has 3 N–H and O–H groups in total. The molecule has 2 aromatic heterocycles. The number of aromatic nitrogens is 3. The van der Waals surface area contributed by atoms with Gasteiger partial charge in [0.25, 0.3) is 0 Å². The Bertz CT molecular complexity index is 804. The van der Waals surface area contributed by atoms with Gasteiger partial charge in [0.15, 0.2) is 0 Å². The fourth-order valence-electron chi connectivity index (χ4n) is 3.67. The van der Waals surface area contributed by atoms with Gasteiger partial charge in [-0.05, 0) is 45.4 Å². The van der Waals surface area contributed by atoms with Crippen molar-refractivity contribution < 1.29 is 9.59 Å². The molecule has 8 heteroatoms. The van der Waals surface area contributed by atoms with Gasteiger partial charge in [-0.2, -0.15) is 5.10 Å². The normalized spacial score (nSPS) is 20.6. The second-order valence-corrected chi connectivity index (χ2v) is 7.28. The number of rotatable bonds is 6. The standard InChI is InChI=1S/C19H26N6O2/c1-14(2)25-16(7-10-22-25)23-17(26)12-24-11-5-8-19(13-24,18(20)27)15-6-3-4-9-21-15/h3-4,6-7,9-10,14H,5,8,11-13H2,1-2H3,(H2,20,27)(H,23,26). The van der Waals surface area contributed by atoms with Gasteiger partial charge in [-0.15, -0.1) is 0 Å². The maximum absolute atomic E-state index is 12.5. The molecule has 0 bridgehead atoms. The van der Waals surface area contributed by atoms with Crippen molar-refractivity contribution >= 4 is 17.6 Å². The van der Waals surface area contributed by atoms with Crippen molar-refractivity contribution in [3.05, 3.63) is 42.4 Å². The van der Waals surface area contributed by atoms with E-state index in [1.54, 1.807) is 23.1 Å². The van der Waals surface area contributed by atoms with E-state index in [2.05, 4.69) is 15.4 Å². The second-order valence-electron chi connectivity index (χ2n) is 7.28. The Morgan fingerprint density at radius 1 is 1.30 bits per heavy atom. The van der Waals surface area contributed by atoms with Crippen LogP contribution in [0.15, 0.2) is 36.7 Å². The van der Waals surface area contributed by atoms with Crippen molar-refractivity contribution in [2.75, 3.05) is 25.0 Å². The molecular weight excluding hydrogens is 344 g/mol. The minimum atomic E-state index is -0.862. The molecule has 1 fully saturated rings. The number of nitrogens with two attached hydrogens (primary N) is 1. The molecule has 0 radical (unpaired) electrons. The summed E-state index contributed by atoms with van der Waals surface area (Å²) < 4.78 is 1.76. The molecule has 0 spiro atoms. The number of hydrogen-bond acceptors (Lipinski definition) is 5. The number of amides is 2. The van der Waals surface area contributed by atoms with Crippen molar-refractivity contribution in [3.8, 4) is 0 Å². The predicted octanol–water partition coefficient (Wildman–Crippen LogP) is 1.32. The summed E-state index contributed by atoms with van der Waals surface area (Å²) >= 11 is 0. The van der Waals surface area contributed by atoms with E-state index < -0.39 is 11.3 Å². The Hall–Kier alpha value is -2.74. The topological polar surface area (TPSA) is 106 Å². The largest absolute Gasteiger partial charge is 0.369 e. The van der Waals surface area contributed by atoms with Crippen LogP contribution in [0.3, 0.4) is 0 Å². The Morgan fingerprint density at radius 2 is 2.11 bits per heavy atom. The van der Waals surface area contributed by atoms with E-state index >= 15 is 0 Å². The maximum Gasteiger partial charge on any atom is 0.239 e. The third-order valence-electron chi connectivity index (χ3n) is 4.99.